The van der Waals surface area contributed by atoms with Crippen LogP contribution in [-0.4, -0.2) is 26.7 Å². The van der Waals surface area contributed by atoms with Crippen molar-refractivity contribution in [2.75, 3.05) is 6.26 Å². The van der Waals surface area contributed by atoms with E-state index < -0.39 is 27.3 Å². The van der Waals surface area contributed by atoms with E-state index in [9.17, 15) is 17.6 Å². The highest BCUT2D eigenvalue weighted by Gasteiger charge is 2.62. The van der Waals surface area contributed by atoms with Crippen LogP contribution in [0.1, 0.15) is 50.4 Å². The molecule has 0 spiro atoms. The van der Waals surface area contributed by atoms with Gasteiger partial charge in [-0.15, -0.1) is 0 Å². The molecule has 1 aromatic rings. The highest BCUT2D eigenvalue weighted by atomic mass is 35.5. The summed E-state index contributed by atoms with van der Waals surface area (Å²) in [6.07, 6.45) is 3.83. The molecule has 2 fully saturated rings. The van der Waals surface area contributed by atoms with Crippen LogP contribution in [0.25, 0.3) is 0 Å². The van der Waals surface area contributed by atoms with Gasteiger partial charge in [0.1, 0.15) is 17.7 Å². The van der Waals surface area contributed by atoms with Crippen molar-refractivity contribution in [1.29, 1.82) is 0 Å². The first kappa shape index (κ1) is 19.4. The van der Waals surface area contributed by atoms with E-state index in [0.717, 1.165) is 37.7 Å². The van der Waals surface area contributed by atoms with Crippen LogP contribution in [0.15, 0.2) is 12.1 Å². The van der Waals surface area contributed by atoms with Crippen LogP contribution < -0.4 is 9.46 Å². The Morgan fingerprint density at radius 2 is 2.00 bits per heavy atom. The fourth-order valence-electron chi connectivity index (χ4n) is 4.48. The summed E-state index contributed by atoms with van der Waals surface area (Å²) in [5.74, 6) is -1.21. The zero-order valence-corrected chi connectivity index (χ0v) is 16.8. The van der Waals surface area contributed by atoms with Crippen molar-refractivity contribution in [2.45, 2.75) is 46.1 Å². The van der Waals surface area contributed by atoms with E-state index in [1.807, 2.05) is 0 Å². The fourth-order valence-corrected chi connectivity index (χ4v) is 5.13. The third kappa shape index (κ3) is 3.09. The van der Waals surface area contributed by atoms with Gasteiger partial charge in [-0.05, 0) is 36.7 Å². The lowest BCUT2D eigenvalue weighted by atomic mass is 9.70. The molecule has 2 saturated carbocycles. The Labute approximate surface area is 158 Å². The molecule has 3 rings (SSSR count). The average molecular weight is 404 g/mol. The molecule has 2 aliphatic carbocycles. The van der Waals surface area contributed by atoms with E-state index in [1.165, 1.54) is 0 Å². The van der Waals surface area contributed by atoms with Gasteiger partial charge in [-0.3, -0.25) is 4.79 Å². The molecule has 0 saturated heterocycles. The van der Waals surface area contributed by atoms with Crippen molar-refractivity contribution in [3.63, 3.8) is 0 Å². The number of rotatable bonds is 4. The van der Waals surface area contributed by atoms with Gasteiger partial charge in [-0.2, -0.15) is 0 Å². The summed E-state index contributed by atoms with van der Waals surface area (Å²) in [6, 6.07) is 2.16. The molecular weight excluding hydrogens is 381 g/mol. The summed E-state index contributed by atoms with van der Waals surface area (Å²) in [6.45, 7) is 6.69. The van der Waals surface area contributed by atoms with Crippen LogP contribution in [0.4, 0.5) is 4.39 Å². The number of fused-ring (bicyclic) bond motifs is 2. The third-order valence-electron chi connectivity index (χ3n) is 6.53. The number of carbonyl (C=O) groups is 1. The summed E-state index contributed by atoms with van der Waals surface area (Å²) >= 11 is 6.19. The molecule has 1 amide bonds. The van der Waals surface area contributed by atoms with Crippen LogP contribution in [0.5, 0.6) is 5.75 Å². The maximum absolute atomic E-state index is 14.4. The Hall–Kier alpha value is -1.34. The summed E-state index contributed by atoms with van der Waals surface area (Å²) in [5, 5.41) is 0.0780. The molecule has 2 bridgehead atoms. The zero-order chi connectivity index (χ0) is 19.5. The summed E-state index contributed by atoms with van der Waals surface area (Å²) in [5.41, 5.74) is -0.325. The molecule has 0 aromatic heterocycles. The molecule has 3 atom stereocenters. The molecule has 26 heavy (non-hydrogen) atoms. The summed E-state index contributed by atoms with van der Waals surface area (Å²) < 4.78 is 44.5. The van der Waals surface area contributed by atoms with Gasteiger partial charge in [0.15, 0.2) is 0 Å². The number of nitrogens with one attached hydrogen (secondary N) is 1. The topological polar surface area (TPSA) is 72.5 Å². The summed E-state index contributed by atoms with van der Waals surface area (Å²) in [7, 11) is -3.80. The van der Waals surface area contributed by atoms with Gasteiger partial charge < -0.3 is 4.74 Å². The van der Waals surface area contributed by atoms with Crippen molar-refractivity contribution in [3.05, 3.63) is 28.5 Å². The van der Waals surface area contributed by atoms with Crippen molar-refractivity contribution in [2.24, 2.45) is 16.7 Å². The molecule has 5 nitrogen and oxygen atoms in total. The van der Waals surface area contributed by atoms with Gasteiger partial charge in [0.2, 0.25) is 10.0 Å². The number of hydrogen-bond acceptors (Lipinski definition) is 4. The number of amides is 1. The molecule has 0 aliphatic heterocycles. The van der Waals surface area contributed by atoms with Crippen LogP contribution in [0, 0.1) is 22.6 Å². The van der Waals surface area contributed by atoms with Gasteiger partial charge in [-0.1, -0.05) is 32.4 Å². The second-order valence-corrected chi connectivity index (χ2v) is 10.3. The second kappa shape index (κ2) is 6.09. The maximum Gasteiger partial charge on any atom is 0.267 e. The van der Waals surface area contributed by atoms with Crippen LogP contribution in [0.3, 0.4) is 0 Å². The van der Waals surface area contributed by atoms with Crippen LogP contribution in [-0.2, 0) is 10.0 Å². The van der Waals surface area contributed by atoms with Gasteiger partial charge in [0, 0.05) is 11.5 Å². The minimum atomic E-state index is -3.80. The largest absolute Gasteiger partial charge is 0.488 e. The number of benzene rings is 1. The van der Waals surface area contributed by atoms with E-state index >= 15 is 0 Å². The van der Waals surface area contributed by atoms with E-state index in [0.29, 0.717) is 5.92 Å². The Morgan fingerprint density at radius 3 is 2.50 bits per heavy atom. The van der Waals surface area contributed by atoms with Gasteiger partial charge >= 0.3 is 0 Å². The molecule has 0 unspecified atom stereocenters. The maximum atomic E-state index is 14.4. The predicted octanol–water partition coefficient (Wildman–Crippen LogP) is 3.76. The Kier molecular flexibility index (Phi) is 4.55. The normalized spacial score (nSPS) is 29.6. The molecule has 2 aliphatic rings. The minimum absolute atomic E-state index is 0.0240. The van der Waals surface area contributed by atoms with Gasteiger partial charge in [0.05, 0.1) is 16.8 Å². The number of carbonyl (C=O) groups excluding carboxylic acids is 1. The number of sulfonamides is 1. The van der Waals surface area contributed by atoms with Crippen molar-refractivity contribution in [1.82, 2.24) is 4.72 Å². The lowest BCUT2D eigenvalue weighted by molar-refractivity contribution is 0.0300. The van der Waals surface area contributed by atoms with Gasteiger partial charge in [-0.25, -0.2) is 17.5 Å². The lowest BCUT2D eigenvalue weighted by Crippen LogP contribution is -2.39. The standard InChI is InChI=1S/C18H23ClFNO4S/c1-17(2)10-5-6-18(17,3)15(7-10)25-14-9-13(20)11(8-12(14)19)16(22)21-26(4,23)24/h8-10,15H,5-7H2,1-4H3,(H,21,22)/t10-,15+,18+/m0/s1. The molecule has 1 aromatic carbocycles. The molecule has 144 valence electrons. The minimum Gasteiger partial charge on any atom is -0.488 e. The van der Waals surface area contributed by atoms with Crippen molar-refractivity contribution in [3.8, 4) is 5.75 Å². The SMILES string of the molecule is CC1(C)[C@H]2CC[C@]1(C)[C@H](Oc1cc(F)c(C(=O)NS(C)(=O)=O)cc1Cl)C2. The molecule has 8 heteroatoms. The molecule has 0 radical (unpaired) electrons. The zero-order valence-electron chi connectivity index (χ0n) is 15.2. The van der Waals surface area contributed by atoms with E-state index in [1.54, 1.807) is 4.72 Å². The first-order valence-electron chi connectivity index (χ1n) is 8.53. The monoisotopic (exact) mass is 403 g/mol. The highest BCUT2D eigenvalue weighted by Crippen LogP contribution is 2.66. The Morgan fingerprint density at radius 1 is 1.35 bits per heavy atom. The second-order valence-electron chi connectivity index (χ2n) is 8.18. The number of ether oxygens (including phenoxy) is 1. The quantitative estimate of drug-likeness (QED) is 0.830. The number of hydrogen-bond donors (Lipinski definition) is 1. The van der Waals surface area contributed by atoms with Gasteiger partial charge in [0.25, 0.3) is 5.91 Å². The fraction of sp³-hybridized carbons (Fsp3) is 0.611. The first-order valence-corrected chi connectivity index (χ1v) is 10.8. The predicted molar refractivity (Wildman–Crippen MR) is 97.4 cm³/mol. The Bertz CT molecular complexity index is 870. The third-order valence-corrected chi connectivity index (χ3v) is 7.38. The highest BCUT2D eigenvalue weighted by molar-refractivity contribution is 7.89. The molecule has 0 heterocycles. The molecule has 1 N–H and O–H groups in total. The van der Waals surface area contributed by atoms with E-state index in [2.05, 4.69) is 20.8 Å². The van der Waals surface area contributed by atoms with E-state index in [4.69, 9.17) is 16.3 Å². The van der Waals surface area contributed by atoms with Crippen LogP contribution in [0.2, 0.25) is 5.02 Å². The lowest BCUT2D eigenvalue weighted by Gasteiger charge is -2.39. The number of halogens is 2. The average Bonchev–Trinajstić information content (AvgIpc) is 2.82. The first-order chi connectivity index (χ1) is 11.8. The molecular formula is C18H23ClFNO4S. The van der Waals surface area contributed by atoms with Crippen LogP contribution >= 0.6 is 11.6 Å². The smallest absolute Gasteiger partial charge is 0.267 e. The Balaban J connectivity index is 1.85. The summed E-state index contributed by atoms with van der Waals surface area (Å²) in [4.78, 5) is 11.9. The van der Waals surface area contributed by atoms with Crippen molar-refractivity contribution >= 4 is 27.5 Å². The van der Waals surface area contributed by atoms with Crippen molar-refractivity contribution < 1.29 is 22.3 Å². The van der Waals surface area contributed by atoms with E-state index in [-0.39, 0.29) is 27.7 Å².